The van der Waals surface area contributed by atoms with Gasteiger partial charge in [0.25, 0.3) is 5.91 Å². The molecule has 2 aromatic carbocycles. The third-order valence-electron chi connectivity index (χ3n) is 2.98. The lowest BCUT2D eigenvalue weighted by Crippen LogP contribution is -2.14. The number of carbonyl (C=O) groups excluding carboxylic acids is 1. The molecule has 1 N–H and O–H groups in total. The molecular weight excluding hydrogens is 329 g/mol. The van der Waals surface area contributed by atoms with Crippen molar-refractivity contribution in [3.05, 3.63) is 58.4 Å². The van der Waals surface area contributed by atoms with E-state index in [0.29, 0.717) is 0 Å². The third-order valence-corrected chi connectivity index (χ3v) is 4.42. The SMILES string of the molecule is Cc1ccc(F)c(NC(=O)c2cc(S(C)(=O)=O)ccc2Cl)c1. The zero-order valence-corrected chi connectivity index (χ0v) is 13.4. The van der Waals surface area contributed by atoms with Crippen molar-refractivity contribution in [2.24, 2.45) is 0 Å². The molecule has 0 heterocycles. The molecule has 0 fully saturated rings. The van der Waals surface area contributed by atoms with Gasteiger partial charge in [-0.2, -0.15) is 0 Å². The first-order valence-electron chi connectivity index (χ1n) is 6.25. The van der Waals surface area contributed by atoms with Gasteiger partial charge < -0.3 is 5.32 Å². The highest BCUT2D eigenvalue weighted by molar-refractivity contribution is 7.90. The van der Waals surface area contributed by atoms with Crippen LogP contribution in [0.3, 0.4) is 0 Å². The summed E-state index contributed by atoms with van der Waals surface area (Å²) in [4.78, 5) is 12.2. The van der Waals surface area contributed by atoms with Crippen molar-refractivity contribution < 1.29 is 17.6 Å². The van der Waals surface area contributed by atoms with E-state index in [1.165, 1.54) is 30.3 Å². The standard InChI is InChI=1S/C15H13ClFNO3S/c1-9-3-6-13(17)14(7-9)18-15(19)11-8-10(22(2,20)21)4-5-12(11)16/h3-8H,1-2H3,(H,18,19). The highest BCUT2D eigenvalue weighted by Gasteiger charge is 2.16. The predicted octanol–water partition coefficient (Wildman–Crippen LogP) is 3.44. The molecule has 116 valence electrons. The molecule has 2 aromatic rings. The number of nitrogens with one attached hydrogen (secondary N) is 1. The van der Waals surface area contributed by atoms with Crippen LogP contribution in [0, 0.1) is 12.7 Å². The summed E-state index contributed by atoms with van der Waals surface area (Å²) in [6, 6.07) is 8.07. The van der Waals surface area contributed by atoms with Crippen molar-refractivity contribution in [1.82, 2.24) is 0 Å². The average Bonchev–Trinajstić information content (AvgIpc) is 2.42. The largest absolute Gasteiger partial charge is 0.319 e. The molecule has 0 saturated heterocycles. The molecule has 1 amide bonds. The Kier molecular flexibility index (Phi) is 4.53. The second-order valence-corrected chi connectivity index (χ2v) is 7.27. The number of carbonyl (C=O) groups is 1. The summed E-state index contributed by atoms with van der Waals surface area (Å²) in [5, 5.41) is 2.48. The predicted molar refractivity (Wildman–Crippen MR) is 83.7 cm³/mol. The Balaban J connectivity index is 2.39. The zero-order valence-electron chi connectivity index (χ0n) is 11.9. The van der Waals surface area contributed by atoms with Crippen LogP contribution in [-0.2, 0) is 9.84 Å². The minimum absolute atomic E-state index is 0.00539. The second-order valence-electron chi connectivity index (χ2n) is 4.85. The maximum Gasteiger partial charge on any atom is 0.257 e. The molecule has 0 atom stereocenters. The summed E-state index contributed by atoms with van der Waals surface area (Å²) >= 11 is 5.93. The second kappa shape index (κ2) is 6.06. The fourth-order valence-corrected chi connectivity index (χ4v) is 2.68. The molecule has 0 aliphatic carbocycles. The Morgan fingerprint density at radius 1 is 1.18 bits per heavy atom. The lowest BCUT2D eigenvalue weighted by Gasteiger charge is -2.09. The van der Waals surface area contributed by atoms with E-state index in [9.17, 15) is 17.6 Å². The summed E-state index contributed by atoms with van der Waals surface area (Å²) in [7, 11) is -3.48. The zero-order chi connectivity index (χ0) is 16.5. The summed E-state index contributed by atoms with van der Waals surface area (Å²) < 4.78 is 36.8. The average molecular weight is 342 g/mol. The number of hydrogen-bond donors (Lipinski definition) is 1. The molecule has 7 heteroatoms. The smallest absolute Gasteiger partial charge is 0.257 e. The van der Waals surface area contributed by atoms with Crippen molar-refractivity contribution >= 4 is 33.0 Å². The van der Waals surface area contributed by atoms with Crippen LogP contribution in [0.1, 0.15) is 15.9 Å². The van der Waals surface area contributed by atoms with Crippen LogP contribution < -0.4 is 5.32 Å². The van der Waals surface area contributed by atoms with Gasteiger partial charge in [0.1, 0.15) is 5.82 Å². The highest BCUT2D eigenvalue weighted by atomic mass is 35.5. The van der Waals surface area contributed by atoms with Crippen molar-refractivity contribution in [2.45, 2.75) is 11.8 Å². The van der Waals surface area contributed by atoms with Gasteiger partial charge in [-0.15, -0.1) is 0 Å². The molecule has 2 rings (SSSR count). The molecule has 4 nitrogen and oxygen atoms in total. The van der Waals surface area contributed by atoms with Crippen molar-refractivity contribution in [2.75, 3.05) is 11.6 Å². The van der Waals surface area contributed by atoms with Gasteiger partial charge in [0.15, 0.2) is 9.84 Å². The molecule has 0 bridgehead atoms. The number of amides is 1. The van der Waals surface area contributed by atoms with Crippen molar-refractivity contribution in [1.29, 1.82) is 0 Å². The van der Waals surface area contributed by atoms with E-state index < -0.39 is 21.6 Å². The first-order chi connectivity index (χ1) is 10.2. The van der Waals surface area contributed by atoms with E-state index in [-0.39, 0.29) is 21.2 Å². The number of halogens is 2. The van der Waals surface area contributed by atoms with Crippen LogP contribution >= 0.6 is 11.6 Å². The molecule has 0 radical (unpaired) electrons. The van der Waals surface area contributed by atoms with Gasteiger partial charge in [-0.1, -0.05) is 17.7 Å². The van der Waals surface area contributed by atoms with Gasteiger partial charge in [0.05, 0.1) is 21.2 Å². The van der Waals surface area contributed by atoms with Gasteiger partial charge in [-0.05, 0) is 42.8 Å². The van der Waals surface area contributed by atoms with Crippen molar-refractivity contribution in [3.63, 3.8) is 0 Å². The molecule has 0 spiro atoms. The quantitative estimate of drug-likeness (QED) is 0.930. The molecule has 0 aliphatic heterocycles. The van der Waals surface area contributed by atoms with Crippen LogP contribution in [0.2, 0.25) is 5.02 Å². The first-order valence-corrected chi connectivity index (χ1v) is 8.52. The van der Waals surface area contributed by atoms with Gasteiger partial charge >= 0.3 is 0 Å². The van der Waals surface area contributed by atoms with Crippen LogP contribution in [0.15, 0.2) is 41.3 Å². The number of anilines is 1. The van der Waals surface area contributed by atoms with E-state index in [1.807, 2.05) is 0 Å². The summed E-state index contributed by atoms with van der Waals surface area (Å²) in [6.45, 7) is 1.76. The summed E-state index contributed by atoms with van der Waals surface area (Å²) in [5.41, 5.74) is 0.740. The Labute approximate surface area is 132 Å². The minimum atomic E-state index is -3.48. The number of hydrogen-bond acceptors (Lipinski definition) is 3. The lowest BCUT2D eigenvalue weighted by molar-refractivity contribution is 0.102. The number of sulfone groups is 1. The van der Waals surface area contributed by atoms with Gasteiger partial charge in [-0.25, -0.2) is 12.8 Å². The van der Waals surface area contributed by atoms with Crippen LogP contribution in [0.25, 0.3) is 0 Å². The molecule has 0 saturated carbocycles. The van der Waals surface area contributed by atoms with Crippen LogP contribution in [0.5, 0.6) is 0 Å². The number of benzene rings is 2. The topological polar surface area (TPSA) is 63.2 Å². The maximum absolute atomic E-state index is 13.7. The Hall–Kier alpha value is -1.92. The van der Waals surface area contributed by atoms with E-state index in [4.69, 9.17) is 11.6 Å². The molecular formula is C15H13ClFNO3S. The minimum Gasteiger partial charge on any atom is -0.319 e. The van der Waals surface area contributed by atoms with Crippen LogP contribution in [-0.4, -0.2) is 20.6 Å². The molecule has 0 aliphatic rings. The molecule has 0 aromatic heterocycles. The Morgan fingerprint density at radius 3 is 2.50 bits per heavy atom. The van der Waals surface area contributed by atoms with E-state index in [1.54, 1.807) is 13.0 Å². The fraction of sp³-hybridized carbons (Fsp3) is 0.133. The van der Waals surface area contributed by atoms with Gasteiger partial charge in [0, 0.05) is 6.26 Å². The first kappa shape index (κ1) is 16.5. The normalized spacial score (nSPS) is 11.3. The molecule has 0 unspecified atom stereocenters. The third kappa shape index (κ3) is 3.64. The highest BCUT2D eigenvalue weighted by Crippen LogP contribution is 2.23. The number of aryl methyl sites for hydroxylation is 1. The Morgan fingerprint density at radius 2 is 1.86 bits per heavy atom. The van der Waals surface area contributed by atoms with E-state index in [2.05, 4.69) is 5.32 Å². The van der Waals surface area contributed by atoms with E-state index in [0.717, 1.165) is 11.8 Å². The maximum atomic E-state index is 13.7. The summed E-state index contributed by atoms with van der Waals surface area (Å²) in [5.74, 6) is -1.27. The van der Waals surface area contributed by atoms with E-state index >= 15 is 0 Å². The monoisotopic (exact) mass is 341 g/mol. The fourth-order valence-electron chi connectivity index (χ4n) is 1.83. The van der Waals surface area contributed by atoms with Gasteiger partial charge in [0.2, 0.25) is 0 Å². The molecule has 22 heavy (non-hydrogen) atoms. The number of rotatable bonds is 3. The lowest BCUT2D eigenvalue weighted by atomic mass is 10.2. The van der Waals surface area contributed by atoms with Gasteiger partial charge in [-0.3, -0.25) is 4.79 Å². The summed E-state index contributed by atoms with van der Waals surface area (Å²) in [6.07, 6.45) is 1.03. The Bertz CT molecular complexity index is 850. The van der Waals surface area contributed by atoms with Crippen molar-refractivity contribution in [3.8, 4) is 0 Å². The van der Waals surface area contributed by atoms with Crippen LogP contribution in [0.4, 0.5) is 10.1 Å².